The Morgan fingerprint density at radius 2 is 1.46 bits per heavy atom. The number of pyridine rings is 1. The van der Waals surface area contributed by atoms with E-state index in [0.29, 0.717) is 22.8 Å². The van der Waals surface area contributed by atoms with Crippen LogP contribution < -0.4 is 16.0 Å². The Labute approximate surface area is 227 Å². The van der Waals surface area contributed by atoms with E-state index in [4.69, 9.17) is 5.10 Å². The number of amides is 3. The van der Waals surface area contributed by atoms with Crippen molar-refractivity contribution in [2.45, 2.75) is 33.1 Å². The van der Waals surface area contributed by atoms with Gasteiger partial charge in [-0.25, -0.2) is 9.48 Å². The van der Waals surface area contributed by atoms with Crippen LogP contribution in [0.25, 0.3) is 16.5 Å². The van der Waals surface area contributed by atoms with Crippen molar-refractivity contribution in [1.29, 1.82) is 0 Å². The average molecular weight is 519 g/mol. The van der Waals surface area contributed by atoms with Crippen LogP contribution in [0.15, 0.2) is 91.3 Å². The number of hydrogen-bond donors (Lipinski definition) is 3. The van der Waals surface area contributed by atoms with E-state index in [2.05, 4.69) is 41.7 Å². The molecular formula is C31H30N6O2. The number of carbonyl (C=O) groups excluding carboxylic acids is 2. The van der Waals surface area contributed by atoms with Crippen LogP contribution in [0.4, 0.5) is 22.0 Å². The Morgan fingerprint density at radius 1 is 0.795 bits per heavy atom. The molecule has 0 atom stereocenters. The number of nitrogens with zero attached hydrogens (tertiary/aromatic N) is 3. The molecule has 0 spiro atoms. The number of aryl methyl sites for hydroxylation is 1. The molecule has 0 saturated heterocycles. The van der Waals surface area contributed by atoms with Gasteiger partial charge in [-0.3, -0.25) is 15.1 Å². The summed E-state index contributed by atoms with van der Waals surface area (Å²) in [6.07, 6.45) is 3.14. The summed E-state index contributed by atoms with van der Waals surface area (Å²) in [5, 5.41) is 15.3. The first-order chi connectivity index (χ1) is 18.7. The molecule has 0 aliphatic heterocycles. The SMILES string of the molecule is Cc1ccc(-n2nc(C(C)(C)C)cc2NC(=O)Nc2ccc(NC(=O)c3cccnc3)c3ccccc23)cc1. The van der Waals surface area contributed by atoms with E-state index in [1.807, 2.05) is 61.5 Å². The van der Waals surface area contributed by atoms with Gasteiger partial charge in [0.15, 0.2) is 0 Å². The largest absolute Gasteiger partial charge is 0.324 e. The van der Waals surface area contributed by atoms with E-state index < -0.39 is 6.03 Å². The van der Waals surface area contributed by atoms with Gasteiger partial charge < -0.3 is 10.6 Å². The fourth-order valence-corrected chi connectivity index (χ4v) is 4.20. The molecule has 0 aliphatic rings. The molecule has 0 aliphatic carbocycles. The van der Waals surface area contributed by atoms with Crippen molar-refractivity contribution in [2.75, 3.05) is 16.0 Å². The molecule has 2 heterocycles. The van der Waals surface area contributed by atoms with Gasteiger partial charge in [0.1, 0.15) is 5.82 Å². The molecule has 8 nitrogen and oxygen atoms in total. The molecule has 196 valence electrons. The van der Waals surface area contributed by atoms with Crippen LogP contribution in [0.3, 0.4) is 0 Å². The summed E-state index contributed by atoms with van der Waals surface area (Å²) < 4.78 is 1.74. The first-order valence-electron chi connectivity index (χ1n) is 12.7. The third-order valence-corrected chi connectivity index (χ3v) is 6.34. The summed E-state index contributed by atoms with van der Waals surface area (Å²) in [7, 11) is 0. The lowest BCUT2D eigenvalue weighted by Gasteiger charge is -2.14. The van der Waals surface area contributed by atoms with E-state index in [0.717, 1.165) is 27.7 Å². The second-order valence-corrected chi connectivity index (χ2v) is 10.4. The van der Waals surface area contributed by atoms with Gasteiger partial charge in [0.05, 0.1) is 22.6 Å². The summed E-state index contributed by atoms with van der Waals surface area (Å²) in [6.45, 7) is 8.28. The van der Waals surface area contributed by atoms with Crippen molar-refractivity contribution >= 4 is 39.9 Å². The number of anilines is 3. The molecule has 2 aromatic heterocycles. The fourth-order valence-electron chi connectivity index (χ4n) is 4.20. The van der Waals surface area contributed by atoms with Crippen molar-refractivity contribution in [3.05, 3.63) is 108 Å². The first kappa shape index (κ1) is 25.7. The molecule has 3 aromatic carbocycles. The van der Waals surface area contributed by atoms with Gasteiger partial charge in [0.25, 0.3) is 5.91 Å². The molecule has 0 bridgehead atoms. The van der Waals surface area contributed by atoms with E-state index >= 15 is 0 Å². The predicted molar refractivity (Wildman–Crippen MR) is 156 cm³/mol. The number of rotatable bonds is 5. The highest BCUT2D eigenvalue weighted by Gasteiger charge is 2.22. The number of nitrogens with one attached hydrogen (secondary N) is 3. The zero-order valence-electron chi connectivity index (χ0n) is 22.3. The highest BCUT2D eigenvalue weighted by atomic mass is 16.2. The van der Waals surface area contributed by atoms with Gasteiger partial charge in [0, 0.05) is 40.3 Å². The summed E-state index contributed by atoms with van der Waals surface area (Å²) in [6, 6.07) is 24.0. The molecule has 3 amide bonds. The third kappa shape index (κ3) is 5.65. The smallest absolute Gasteiger partial charge is 0.321 e. The number of hydrogen-bond acceptors (Lipinski definition) is 4. The van der Waals surface area contributed by atoms with E-state index in [1.165, 1.54) is 6.20 Å². The van der Waals surface area contributed by atoms with Gasteiger partial charge >= 0.3 is 6.03 Å². The van der Waals surface area contributed by atoms with Crippen LogP contribution in [0.2, 0.25) is 0 Å². The fraction of sp³-hybridized carbons (Fsp3) is 0.161. The molecule has 3 N–H and O–H groups in total. The molecule has 5 rings (SSSR count). The lowest BCUT2D eigenvalue weighted by atomic mass is 9.92. The van der Waals surface area contributed by atoms with Crippen LogP contribution in [0.5, 0.6) is 0 Å². The summed E-state index contributed by atoms with van der Waals surface area (Å²) in [5.74, 6) is 0.302. The summed E-state index contributed by atoms with van der Waals surface area (Å²) in [4.78, 5) is 30.0. The Hall–Kier alpha value is -4.98. The molecule has 0 unspecified atom stereocenters. The minimum Gasteiger partial charge on any atom is -0.321 e. The number of urea groups is 1. The molecule has 0 fully saturated rings. The second kappa shape index (κ2) is 10.4. The van der Waals surface area contributed by atoms with Gasteiger partial charge in [-0.1, -0.05) is 62.7 Å². The molecule has 0 radical (unpaired) electrons. The second-order valence-electron chi connectivity index (χ2n) is 10.4. The van der Waals surface area contributed by atoms with Crippen molar-refractivity contribution in [1.82, 2.24) is 14.8 Å². The number of fused-ring (bicyclic) bond motifs is 1. The molecule has 8 heteroatoms. The molecule has 39 heavy (non-hydrogen) atoms. The first-order valence-corrected chi connectivity index (χ1v) is 12.7. The monoisotopic (exact) mass is 518 g/mol. The van der Waals surface area contributed by atoms with E-state index in [-0.39, 0.29) is 11.3 Å². The zero-order valence-corrected chi connectivity index (χ0v) is 22.3. The van der Waals surface area contributed by atoms with Gasteiger partial charge in [-0.15, -0.1) is 0 Å². The van der Waals surface area contributed by atoms with Crippen LogP contribution in [-0.2, 0) is 5.41 Å². The van der Waals surface area contributed by atoms with E-state index in [1.54, 1.807) is 35.1 Å². The molecular weight excluding hydrogens is 488 g/mol. The van der Waals surface area contributed by atoms with Gasteiger partial charge in [-0.2, -0.15) is 5.10 Å². The van der Waals surface area contributed by atoms with Crippen molar-refractivity contribution < 1.29 is 9.59 Å². The predicted octanol–water partition coefficient (Wildman–Crippen LogP) is 6.92. The Kier molecular flexibility index (Phi) is 6.85. The van der Waals surface area contributed by atoms with Crippen LogP contribution in [-0.4, -0.2) is 26.7 Å². The highest BCUT2D eigenvalue weighted by Crippen LogP contribution is 2.31. The normalized spacial score (nSPS) is 11.3. The minimum atomic E-state index is -0.402. The summed E-state index contributed by atoms with van der Waals surface area (Å²) >= 11 is 0. The number of aromatic nitrogens is 3. The Balaban J connectivity index is 1.41. The van der Waals surface area contributed by atoms with Gasteiger partial charge in [0.2, 0.25) is 0 Å². The van der Waals surface area contributed by atoms with Crippen molar-refractivity contribution in [2.24, 2.45) is 0 Å². The minimum absolute atomic E-state index is 0.199. The van der Waals surface area contributed by atoms with Gasteiger partial charge in [-0.05, 0) is 43.3 Å². The van der Waals surface area contributed by atoms with E-state index in [9.17, 15) is 9.59 Å². The van der Waals surface area contributed by atoms with Crippen molar-refractivity contribution in [3.63, 3.8) is 0 Å². The van der Waals surface area contributed by atoms with Crippen LogP contribution >= 0.6 is 0 Å². The highest BCUT2D eigenvalue weighted by molar-refractivity contribution is 6.13. The topological polar surface area (TPSA) is 101 Å². The lowest BCUT2D eigenvalue weighted by molar-refractivity contribution is 0.102. The maximum Gasteiger partial charge on any atom is 0.324 e. The number of carbonyl (C=O) groups is 2. The maximum atomic E-state index is 13.2. The van der Waals surface area contributed by atoms with Crippen LogP contribution in [0.1, 0.15) is 42.4 Å². The zero-order chi connectivity index (χ0) is 27.6. The average Bonchev–Trinajstić information content (AvgIpc) is 3.35. The maximum absolute atomic E-state index is 13.2. The third-order valence-electron chi connectivity index (χ3n) is 6.34. The standard InChI is InChI=1S/C31H30N6O2/c1-20-11-13-22(14-12-20)37-28(18-27(36-37)31(2,3)4)35-30(39)34-26-16-15-25(23-9-5-6-10-24(23)26)33-29(38)21-8-7-17-32-19-21/h5-19H,1-4H3,(H,33,38)(H2,34,35,39). The van der Waals surface area contributed by atoms with Crippen molar-refractivity contribution in [3.8, 4) is 5.69 Å². The molecule has 5 aromatic rings. The van der Waals surface area contributed by atoms with Crippen LogP contribution in [0, 0.1) is 6.92 Å². The lowest BCUT2D eigenvalue weighted by Crippen LogP contribution is -2.21. The quantitative estimate of drug-likeness (QED) is 0.235. The molecule has 0 saturated carbocycles. The number of benzene rings is 3. The Bertz CT molecular complexity index is 1650. The Morgan fingerprint density at radius 3 is 2.08 bits per heavy atom. The summed E-state index contributed by atoms with van der Waals surface area (Å²) in [5.41, 5.74) is 4.36.